The molecule has 3 aromatic rings. The Morgan fingerprint density at radius 3 is 2.26 bits per heavy atom. The van der Waals surface area contributed by atoms with Gasteiger partial charge in [0.2, 0.25) is 0 Å². The number of carbonyl (C=O) groups is 2. The Kier molecular flexibility index (Phi) is 6.45. The van der Waals surface area contributed by atoms with Crippen LogP contribution in [0.4, 0.5) is 18.9 Å². The van der Waals surface area contributed by atoms with Gasteiger partial charge in [-0.05, 0) is 36.4 Å². The molecule has 0 saturated carbocycles. The van der Waals surface area contributed by atoms with Crippen molar-refractivity contribution in [3.63, 3.8) is 0 Å². The first-order valence-electron chi connectivity index (χ1n) is 10.3. The number of carbonyl (C=O) groups excluding carboxylic acids is 2. The lowest BCUT2D eigenvalue weighted by atomic mass is 10.1. The number of piperazine rings is 1. The summed E-state index contributed by atoms with van der Waals surface area (Å²) in [6, 6.07) is 8.62. The molecule has 1 saturated heterocycles. The molecule has 0 spiro atoms. The molecule has 186 valence electrons. The Balaban J connectivity index is 1.76. The average molecular weight is 530 g/mol. The van der Waals surface area contributed by atoms with E-state index in [0.717, 1.165) is 3.97 Å². The van der Waals surface area contributed by atoms with E-state index in [1.54, 1.807) is 4.90 Å². The number of fused-ring (bicyclic) bond motifs is 1. The molecule has 8 nitrogen and oxygen atoms in total. The maximum atomic E-state index is 13.4. The standard InChI is InChI=1S/C22H19ClF3N3O5S/c1-34-16-2-4-17(5-3-16)35(32,33)29-12-14(13-30)20-18(10-15(23)11-19(20)29)27-6-8-28(9-7-27)21(31)22(24,25)26/h2-5,10-13H,6-9H2,1H3. The highest BCUT2D eigenvalue weighted by Crippen LogP contribution is 2.37. The van der Waals surface area contributed by atoms with Gasteiger partial charge in [0.1, 0.15) is 5.75 Å². The van der Waals surface area contributed by atoms with Gasteiger partial charge in [0.05, 0.1) is 17.5 Å². The van der Waals surface area contributed by atoms with Crippen LogP contribution in [-0.2, 0) is 14.8 Å². The van der Waals surface area contributed by atoms with Crippen molar-refractivity contribution < 1.29 is 35.9 Å². The molecular weight excluding hydrogens is 511 g/mol. The lowest BCUT2D eigenvalue weighted by Gasteiger charge is -2.36. The average Bonchev–Trinajstić information content (AvgIpc) is 3.22. The highest BCUT2D eigenvalue weighted by molar-refractivity contribution is 7.90. The summed E-state index contributed by atoms with van der Waals surface area (Å²) in [7, 11) is -2.69. The summed E-state index contributed by atoms with van der Waals surface area (Å²) in [6.07, 6.45) is -3.28. The quantitative estimate of drug-likeness (QED) is 0.470. The van der Waals surface area contributed by atoms with E-state index in [4.69, 9.17) is 16.3 Å². The maximum Gasteiger partial charge on any atom is 0.471 e. The van der Waals surface area contributed by atoms with Gasteiger partial charge in [-0.2, -0.15) is 13.2 Å². The van der Waals surface area contributed by atoms with E-state index in [2.05, 4.69) is 0 Å². The smallest absolute Gasteiger partial charge is 0.471 e. The highest BCUT2D eigenvalue weighted by Gasteiger charge is 2.43. The van der Waals surface area contributed by atoms with E-state index in [9.17, 15) is 31.2 Å². The minimum Gasteiger partial charge on any atom is -0.497 e. The fourth-order valence-electron chi connectivity index (χ4n) is 4.04. The normalized spacial score (nSPS) is 14.9. The zero-order valence-corrected chi connectivity index (χ0v) is 19.8. The highest BCUT2D eigenvalue weighted by atomic mass is 35.5. The van der Waals surface area contributed by atoms with Crippen LogP contribution >= 0.6 is 11.6 Å². The molecule has 1 aromatic heterocycles. The largest absolute Gasteiger partial charge is 0.497 e. The number of benzene rings is 2. The van der Waals surface area contributed by atoms with Gasteiger partial charge in [-0.15, -0.1) is 0 Å². The molecule has 1 amide bonds. The Labute approximate surface area is 203 Å². The topological polar surface area (TPSA) is 88.9 Å². The van der Waals surface area contributed by atoms with Crippen molar-refractivity contribution in [2.75, 3.05) is 38.2 Å². The minimum absolute atomic E-state index is 0.0337. The van der Waals surface area contributed by atoms with Crippen LogP contribution in [0, 0.1) is 0 Å². The number of nitrogens with zero attached hydrogens (tertiary/aromatic N) is 3. The molecule has 35 heavy (non-hydrogen) atoms. The summed E-state index contributed by atoms with van der Waals surface area (Å²) in [6.45, 7) is -0.334. The van der Waals surface area contributed by atoms with Gasteiger partial charge in [-0.1, -0.05) is 11.6 Å². The first-order chi connectivity index (χ1) is 16.5. The summed E-state index contributed by atoms with van der Waals surface area (Å²) < 4.78 is 71.1. The van der Waals surface area contributed by atoms with Crippen LogP contribution < -0.4 is 9.64 Å². The van der Waals surface area contributed by atoms with Crippen molar-refractivity contribution >= 4 is 50.4 Å². The van der Waals surface area contributed by atoms with Crippen LogP contribution in [0.15, 0.2) is 47.5 Å². The molecule has 4 rings (SSSR count). The van der Waals surface area contributed by atoms with Gasteiger partial charge >= 0.3 is 12.1 Å². The van der Waals surface area contributed by atoms with Gasteiger partial charge in [0.15, 0.2) is 6.29 Å². The minimum atomic E-state index is -4.97. The maximum absolute atomic E-state index is 13.4. The number of amides is 1. The molecule has 1 aliphatic heterocycles. The summed E-state index contributed by atoms with van der Waals surface area (Å²) in [5.41, 5.74) is 0.592. The summed E-state index contributed by atoms with van der Waals surface area (Å²) in [4.78, 5) is 25.8. The van der Waals surface area contributed by atoms with Crippen molar-refractivity contribution in [3.8, 4) is 5.75 Å². The predicted molar refractivity (Wildman–Crippen MR) is 123 cm³/mol. The van der Waals surface area contributed by atoms with Gasteiger partial charge in [0.25, 0.3) is 10.0 Å². The number of halogens is 4. The van der Waals surface area contributed by atoms with Crippen LogP contribution in [0.25, 0.3) is 10.9 Å². The third-order valence-corrected chi connectivity index (χ3v) is 7.64. The van der Waals surface area contributed by atoms with E-state index >= 15 is 0 Å². The molecule has 1 aliphatic rings. The molecule has 2 aromatic carbocycles. The number of hydrogen-bond acceptors (Lipinski definition) is 6. The summed E-state index contributed by atoms with van der Waals surface area (Å²) >= 11 is 6.29. The number of aromatic nitrogens is 1. The number of hydrogen-bond donors (Lipinski definition) is 0. The Bertz CT molecular complexity index is 1400. The Hall–Kier alpha value is -3.25. The second kappa shape index (κ2) is 9.08. The molecule has 13 heteroatoms. The molecule has 0 radical (unpaired) electrons. The lowest BCUT2D eigenvalue weighted by Crippen LogP contribution is -2.52. The van der Waals surface area contributed by atoms with Crippen LogP contribution in [0.2, 0.25) is 5.02 Å². The van der Waals surface area contributed by atoms with Crippen LogP contribution in [0.1, 0.15) is 10.4 Å². The van der Waals surface area contributed by atoms with Crippen molar-refractivity contribution in [2.45, 2.75) is 11.1 Å². The number of alkyl halides is 3. The molecule has 0 N–H and O–H groups in total. The number of anilines is 1. The number of ether oxygens (including phenoxy) is 1. The van der Waals surface area contributed by atoms with Gasteiger partial charge in [-0.25, -0.2) is 12.4 Å². The number of methoxy groups -OCH3 is 1. The number of rotatable bonds is 5. The van der Waals surface area contributed by atoms with E-state index in [0.29, 0.717) is 22.6 Å². The second-order valence-corrected chi connectivity index (χ2v) is 10.0. The zero-order chi connectivity index (χ0) is 25.5. The molecule has 1 fully saturated rings. The Morgan fingerprint density at radius 1 is 1.09 bits per heavy atom. The Morgan fingerprint density at radius 2 is 1.71 bits per heavy atom. The van der Waals surface area contributed by atoms with Crippen LogP contribution in [0.5, 0.6) is 5.75 Å². The lowest BCUT2D eigenvalue weighted by molar-refractivity contribution is -0.185. The monoisotopic (exact) mass is 529 g/mol. The molecule has 0 bridgehead atoms. The van der Waals surface area contributed by atoms with E-state index in [1.807, 2.05) is 0 Å². The van der Waals surface area contributed by atoms with E-state index in [1.165, 1.54) is 49.7 Å². The van der Waals surface area contributed by atoms with Gasteiger partial charge in [0, 0.05) is 54.0 Å². The SMILES string of the molecule is COc1ccc(S(=O)(=O)n2cc(C=O)c3c(N4CCN(C(=O)C(F)(F)F)CC4)cc(Cl)cc32)cc1. The number of aldehydes is 1. The molecular formula is C22H19ClF3N3O5S. The van der Waals surface area contributed by atoms with Crippen molar-refractivity contribution in [1.29, 1.82) is 0 Å². The first kappa shape index (κ1) is 24.9. The third-order valence-electron chi connectivity index (χ3n) is 5.74. The molecule has 0 atom stereocenters. The first-order valence-corrected chi connectivity index (χ1v) is 12.1. The second-order valence-electron chi connectivity index (χ2n) is 7.77. The fraction of sp³-hybridized carbons (Fsp3) is 0.273. The van der Waals surface area contributed by atoms with Crippen LogP contribution in [0.3, 0.4) is 0 Å². The predicted octanol–water partition coefficient (Wildman–Crippen LogP) is 3.56. The molecule has 0 unspecified atom stereocenters. The fourth-order valence-corrected chi connectivity index (χ4v) is 5.61. The molecule has 2 heterocycles. The van der Waals surface area contributed by atoms with Crippen LogP contribution in [-0.4, -0.2) is 68.9 Å². The summed E-state index contributed by atoms with van der Waals surface area (Å²) in [5.74, 6) is -1.46. The van der Waals surface area contributed by atoms with Gasteiger partial charge in [-0.3, -0.25) is 9.59 Å². The zero-order valence-electron chi connectivity index (χ0n) is 18.3. The summed E-state index contributed by atoms with van der Waals surface area (Å²) in [5, 5.41) is 0.458. The third kappa shape index (κ3) is 4.55. The van der Waals surface area contributed by atoms with E-state index in [-0.39, 0.29) is 52.6 Å². The van der Waals surface area contributed by atoms with E-state index < -0.39 is 22.1 Å². The van der Waals surface area contributed by atoms with Crippen molar-refractivity contribution in [1.82, 2.24) is 8.87 Å². The van der Waals surface area contributed by atoms with Crippen molar-refractivity contribution in [2.24, 2.45) is 0 Å². The van der Waals surface area contributed by atoms with Gasteiger partial charge < -0.3 is 14.5 Å². The van der Waals surface area contributed by atoms with Crippen molar-refractivity contribution in [3.05, 3.63) is 53.2 Å². The molecule has 0 aliphatic carbocycles.